The zero-order valence-corrected chi connectivity index (χ0v) is 12.2. The first kappa shape index (κ1) is 14.5. The maximum atomic E-state index is 11.5. The number of rotatable bonds is 4. The van der Waals surface area contributed by atoms with Crippen LogP contribution in [0.3, 0.4) is 0 Å². The molecule has 0 radical (unpaired) electrons. The highest BCUT2D eigenvalue weighted by atomic mass is 32.1. The summed E-state index contributed by atoms with van der Waals surface area (Å²) in [5.41, 5.74) is 2.66. The third kappa shape index (κ3) is 4.04. The SMILES string of the molecule is Cc1nc(-c2ccc(NC(=O)NC[C@H](C)O)cc2)cs1. The van der Waals surface area contributed by atoms with E-state index in [0.29, 0.717) is 5.69 Å². The summed E-state index contributed by atoms with van der Waals surface area (Å²) in [6, 6.07) is 7.15. The first-order valence-electron chi connectivity index (χ1n) is 6.30. The van der Waals surface area contributed by atoms with Crippen molar-refractivity contribution in [1.29, 1.82) is 0 Å². The first-order chi connectivity index (χ1) is 9.54. The smallest absolute Gasteiger partial charge is 0.319 e. The Kier molecular flexibility index (Phi) is 4.70. The third-order valence-electron chi connectivity index (χ3n) is 2.62. The average molecular weight is 291 g/mol. The summed E-state index contributed by atoms with van der Waals surface area (Å²) in [6.45, 7) is 3.81. The summed E-state index contributed by atoms with van der Waals surface area (Å²) in [7, 11) is 0. The fraction of sp³-hybridized carbons (Fsp3) is 0.286. The number of hydrogen-bond acceptors (Lipinski definition) is 4. The van der Waals surface area contributed by atoms with Crippen LogP contribution < -0.4 is 10.6 Å². The summed E-state index contributed by atoms with van der Waals surface area (Å²) in [4.78, 5) is 15.9. The largest absolute Gasteiger partial charge is 0.392 e. The molecule has 5 nitrogen and oxygen atoms in total. The summed E-state index contributed by atoms with van der Waals surface area (Å²) in [5.74, 6) is 0. The Balaban J connectivity index is 1.96. The number of urea groups is 1. The summed E-state index contributed by atoms with van der Waals surface area (Å²) in [5, 5.41) is 17.4. The molecule has 0 aliphatic heterocycles. The molecule has 0 fully saturated rings. The molecule has 1 heterocycles. The lowest BCUT2D eigenvalue weighted by atomic mass is 10.1. The normalized spacial score (nSPS) is 11.9. The van der Waals surface area contributed by atoms with Gasteiger partial charge in [0, 0.05) is 23.2 Å². The lowest BCUT2D eigenvalue weighted by Crippen LogP contribution is -2.34. The highest BCUT2D eigenvalue weighted by Gasteiger charge is 2.05. The van der Waals surface area contributed by atoms with Crippen LogP contribution in [0.5, 0.6) is 0 Å². The van der Waals surface area contributed by atoms with Gasteiger partial charge in [0.15, 0.2) is 0 Å². The van der Waals surface area contributed by atoms with E-state index < -0.39 is 6.10 Å². The Labute approximate surface area is 121 Å². The number of nitrogens with one attached hydrogen (secondary N) is 2. The molecule has 2 rings (SSSR count). The lowest BCUT2D eigenvalue weighted by molar-refractivity contribution is 0.190. The van der Waals surface area contributed by atoms with Gasteiger partial charge in [-0.15, -0.1) is 11.3 Å². The van der Waals surface area contributed by atoms with Gasteiger partial charge < -0.3 is 15.7 Å². The maximum Gasteiger partial charge on any atom is 0.319 e. The van der Waals surface area contributed by atoms with Gasteiger partial charge in [0.05, 0.1) is 16.8 Å². The highest BCUT2D eigenvalue weighted by Crippen LogP contribution is 2.22. The van der Waals surface area contributed by atoms with Gasteiger partial charge in [0.2, 0.25) is 0 Å². The standard InChI is InChI=1S/C14H17N3O2S/c1-9(18)7-15-14(19)17-12-5-3-11(4-6-12)13-8-20-10(2)16-13/h3-6,8-9,18H,7H2,1-2H3,(H2,15,17,19)/t9-/m0/s1. The molecule has 0 unspecified atom stereocenters. The molecule has 106 valence electrons. The molecule has 0 aliphatic rings. The fourth-order valence-corrected chi connectivity index (χ4v) is 2.26. The second kappa shape index (κ2) is 6.49. The molecule has 20 heavy (non-hydrogen) atoms. The average Bonchev–Trinajstić information content (AvgIpc) is 2.84. The Morgan fingerprint density at radius 2 is 2.10 bits per heavy atom. The predicted octanol–water partition coefficient (Wildman–Crippen LogP) is 2.62. The zero-order valence-electron chi connectivity index (χ0n) is 11.4. The van der Waals surface area contributed by atoms with Crippen LogP contribution in [-0.4, -0.2) is 28.8 Å². The minimum Gasteiger partial charge on any atom is -0.392 e. The van der Waals surface area contributed by atoms with E-state index in [2.05, 4.69) is 15.6 Å². The minimum atomic E-state index is -0.559. The van der Waals surface area contributed by atoms with Gasteiger partial charge in [0.25, 0.3) is 0 Å². The number of nitrogens with zero attached hydrogens (tertiary/aromatic N) is 1. The van der Waals surface area contributed by atoms with Crippen LogP contribution in [0.15, 0.2) is 29.6 Å². The van der Waals surface area contributed by atoms with Crippen molar-refractivity contribution < 1.29 is 9.90 Å². The van der Waals surface area contributed by atoms with Crippen LogP contribution in [0.1, 0.15) is 11.9 Å². The molecular weight excluding hydrogens is 274 g/mol. The number of thiazole rings is 1. The number of anilines is 1. The molecule has 0 spiro atoms. The first-order valence-corrected chi connectivity index (χ1v) is 7.18. The molecule has 0 saturated heterocycles. The number of carbonyl (C=O) groups is 1. The van der Waals surface area contributed by atoms with E-state index in [-0.39, 0.29) is 12.6 Å². The number of aromatic nitrogens is 1. The second-order valence-electron chi connectivity index (χ2n) is 4.51. The number of aliphatic hydroxyl groups is 1. The molecule has 1 aromatic heterocycles. The van der Waals surface area contributed by atoms with Crippen molar-refractivity contribution >= 4 is 23.1 Å². The van der Waals surface area contributed by atoms with Gasteiger partial charge in [-0.2, -0.15) is 0 Å². The summed E-state index contributed by atoms with van der Waals surface area (Å²) < 4.78 is 0. The molecule has 3 N–H and O–H groups in total. The van der Waals surface area contributed by atoms with Crippen molar-refractivity contribution in [3.05, 3.63) is 34.7 Å². The van der Waals surface area contributed by atoms with Crippen molar-refractivity contribution in [2.24, 2.45) is 0 Å². The van der Waals surface area contributed by atoms with Crippen LogP contribution in [0, 0.1) is 6.92 Å². The topological polar surface area (TPSA) is 74.2 Å². The highest BCUT2D eigenvalue weighted by molar-refractivity contribution is 7.09. The van der Waals surface area contributed by atoms with Crippen LogP contribution in [-0.2, 0) is 0 Å². The Morgan fingerprint density at radius 3 is 2.65 bits per heavy atom. The van der Waals surface area contributed by atoms with E-state index in [1.54, 1.807) is 18.3 Å². The second-order valence-corrected chi connectivity index (χ2v) is 5.58. The molecule has 2 aromatic rings. The predicted molar refractivity (Wildman–Crippen MR) is 81.0 cm³/mol. The number of carbonyl (C=O) groups excluding carboxylic acids is 1. The van der Waals surface area contributed by atoms with Crippen molar-refractivity contribution in [2.45, 2.75) is 20.0 Å². The summed E-state index contributed by atoms with van der Waals surface area (Å²) in [6.07, 6.45) is -0.559. The molecular formula is C14H17N3O2S. The molecule has 2 amide bonds. The molecule has 0 bridgehead atoms. The van der Waals surface area contributed by atoms with Gasteiger partial charge in [-0.1, -0.05) is 12.1 Å². The van der Waals surface area contributed by atoms with Crippen molar-refractivity contribution in [1.82, 2.24) is 10.3 Å². The van der Waals surface area contributed by atoms with Crippen molar-refractivity contribution in [3.63, 3.8) is 0 Å². The van der Waals surface area contributed by atoms with E-state index in [1.165, 1.54) is 0 Å². The monoisotopic (exact) mass is 291 g/mol. The number of aliphatic hydroxyl groups excluding tert-OH is 1. The maximum absolute atomic E-state index is 11.5. The molecule has 1 atom stereocenters. The molecule has 6 heteroatoms. The van der Waals surface area contributed by atoms with E-state index >= 15 is 0 Å². The van der Waals surface area contributed by atoms with Crippen molar-refractivity contribution in [3.8, 4) is 11.3 Å². The van der Waals surface area contributed by atoms with E-state index in [9.17, 15) is 4.79 Å². The quantitative estimate of drug-likeness (QED) is 0.810. The van der Waals surface area contributed by atoms with Crippen molar-refractivity contribution in [2.75, 3.05) is 11.9 Å². The molecule has 1 aromatic carbocycles. The van der Waals surface area contributed by atoms with Gasteiger partial charge in [-0.3, -0.25) is 0 Å². The minimum absolute atomic E-state index is 0.224. The number of amides is 2. The van der Waals surface area contributed by atoms with Gasteiger partial charge in [-0.05, 0) is 26.0 Å². The Bertz CT molecular complexity index is 578. The molecule has 0 saturated carbocycles. The number of hydrogen-bond donors (Lipinski definition) is 3. The van der Waals surface area contributed by atoms with Gasteiger partial charge in [0.1, 0.15) is 0 Å². The molecule has 0 aliphatic carbocycles. The van der Waals surface area contributed by atoms with Gasteiger partial charge >= 0.3 is 6.03 Å². The Hall–Kier alpha value is -1.92. The Morgan fingerprint density at radius 1 is 1.40 bits per heavy atom. The fourth-order valence-electron chi connectivity index (χ4n) is 1.64. The van der Waals surface area contributed by atoms with Gasteiger partial charge in [-0.25, -0.2) is 9.78 Å². The van der Waals surface area contributed by atoms with Crippen LogP contribution >= 0.6 is 11.3 Å². The van der Waals surface area contributed by atoms with Crippen LogP contribution in [0.4, 0.5) is 10.5 Å². The number of aryl methyl sites for hydroxylation is 1. The zero-order chi connectivity index (χ0) is 14.5. The van der Waals surface area contributed by atoms with E-state index in [0.717, 1.165) is 16.3 Å². The van der Waals surface area contributed by atoms with Crippen LogP contribution in [0.25, 0.3) is 11.3 Å². The van der Waals surface area contributed by atoms with E-state index in [4.69, 9.17) is 5.11 Å². The van der Waals surface area contributed by atoms with E-state index in [1.807, 2.05) is 36.6 Å². The lowest BCUT2D eigenvalue weighted by Gasteiger charge is -2.09. The number of benzene rings is 1. The third-order valence-corrected chi connectivity index (χ3v) is 3.39. The van der Waals surface area contributed by atoms with Crippen LogP contribution in [0.2, 0.25) is 0 Å². The summed E-state index contributed by atoms with van der Waals surface area (Å²) >= 11 is 1.61.